The van der Waals surface area contributed by atoms with Crippen LogP contribution in [0.2, 0.25) is 20.1 Å². The lowest BCUT2D eigenvalue weighted by molar-refractivity contribution is -0.123. The second-order valence-electron chi connectivity index (χ2n) is 27.1. The maximum Gasteiger partial charge on any atom is 0.410 e. The van der Waals surface area contributed by atoms with E-state index in [0.717, 1.165) is 0 Å². The summed E-state index contributed by atoms with van der Waals surface area (Å²) in [6.45, 7) is 10.3. The summed E-state index contributed by atoms with van der Waals surface area (Å²) in [5.74, 6) is -9.36. The van der Waals surface area contributed by atoms with E-state index in [-0.39, 0.29) is 142 Å². The van der Waals surface area contributed by atoms with Crippen LogP contribution >= 0.6 is 46.4 Å². The molecule has 536 valence electrons. The Hall–Kier alpha value is -8.82. The van der Waals surface area contributed by atoms with Crippen molar-refractivity contribution in [3.8, 4) is 11.5 Å². The number of anilines is 4. The molecule has 0 aromatic heterocycles. The predicted molar refractivity (Wildman–Crippen MR) is 374 cm³/mol. The van der Waals surface area contributed by atoms with Crippen molar-refractivity contribution in [1.29, 1.82) is 0 Å². The molecule has 6 aromatic carbocycles. The zero-order chi connectivity index (χ0) is 73.2. The highest BCUT2D eigenvalue weighted by Gasteiger charge is 2.73. The molecule has 101 heavy (non-hydrogen) atoms. The molecule has 2 saturated heterocycles. The van der Waals surface area contributed by atoms with E-state index in [9.17, 15) is 9.59 Å². The molecule has 2 fully saturated rings. The molecule has 23 nitrogen and oxygen atoms in total. The number of nitrogens with zero attached hydrogens (tertiary/aromatic N) is 2. The number of fused-ring (bicyclic) bond motifs is 4. The minimum absolute atomic E-state index is 0.00539. The van der Waals surface area contributed by atoms with Crippen molar-refractivity contribution < 1.29 is 80.3 Å². The van der Waals surface area contributed by atoms with Gasteiger partial charge in [0.1, 0.15) is 59.3 Å². The van der Waals surface area contributed by atoms with Gasteiger partial charge in [-0.25, -0.2) is 18.4 Å². The minimum atomic E-state index is -1.88. The summed E-state index contributed by atoms with van der Waals surface area (Å²) < 4.78 is 74.1. The van der Waals surface area contributed by atoms with Crippen molar-refractivity contribution >= 4 is 117 Å². The van der Waals surface area contributed by atoms with Gasteiger partial charge in [-0.3, -0.25) is 38.6 Å². The number of benzene rings is 6. The third-order valence-corrected chi connectivity index (χ3v) is 19.4. The van der Waals surface area contributed by atoms with E-state index in [1.807, 2.05) is 41.5 Å². The largest absolute Gasteiger partial charge is 0.495 e. The van der Waals surface area contributed by atoms with Gasteiger partial charge in [-0.1, -0.05) is 124 Å². The Morgan fingerprint density at radius 2 is 0.871 bits per heavy atom. The fraction of sp³-hybridized carbons (Fsp3) is 0.389. The van der Waals surface area contributed by atoms with E-state index < -0.39 is 117 Å². The normalized spacial score (nSPS) is 21.2. The van der Waals surface area contributed by atoms with Gasteiger partial charge in [0, 0.05) is 44.4 Å². The van der Waals surface area contributed by atoms with E-state index in [1.165, 1.54) is 109 Å². The lowest BCUT2D eigenvalue weighted by Gasteiger charge is -2.39. The molecule has 0 radical (unpaired) electrons. The van der Waals surface area contributed by atoms with E-state index in [2.05, 4.69) is 21.3 Å². The van der Waals surface area contributed by atoms with Gasteiger partial charge in [0.2, 0.25) is 35.4 Å². The molecule has 8 N–H and O–H groups in total. The first kappa shape index (κ1) is 74.9. The fourth-order valence-electron chi connectivity index (χ4n) is 14.4. The molecule has 4 heterocycles. The monoisotopic (exact) mass is 1470 g/mol. The molecule has 2 spiro atoms. The number of carbonyl (C=O) groups is 8. The molecule has 8 amide bonds. The summed E-state index contributed by atoms with van der Waals surface area (Å²) >= 11 is 26.0. The first-order valence-corrected chi connectivity index (χ1v) is 33.7. The number of hydrogen-bond donors (Lipinski definition) is 6. The van der Waals surface area contributed by atoms with E-state index in [4.69, 9.17) is 91.0 Å². The third kappa shape index (κ3) is 14.8. The molecule has 4 aliphatic rings. The molecule has 0 saturated carbocycles. The number of carbonyl (C=O) groups excluding carboxylic acids is 8. The van der Waals surface area contributed by atoms with E-state index >= 15 is 37.5 Å². The number of methoxy groups -OCH3 is 2. The van der Waals surface area contributed by atoms with Crippen molar-refractivity contribution in [1.82, 2.24) is 9.80 Å². The standard InChI is InChI=1S/C72H76Cl4F2N8O15/c1-69(2,3)35-53-71(43-19-17-39(73)33-49(43)83-65(71)91)55(41-11-9-13-45(75)57(41)77)59(63(89)81-47-21-15-37(61(79)87)31-51(47)95-7)85(53)67(93)100-29-27-98-25-23-97-24-26-99-28-30-101-68(94)86-54(36-70(4,5)6)72(44-20-18-40(74)34-50(44)84-66(72)92)56(42-12-10-14-46(76)58(42)78)60(86)64(90)82-48-22-16-38(62(80)88)32-52(48)96-8/h9-22,31-34,53-56,59-60H,23-30,35-36H2,1-8H3,(H2,79,87)(H2,80,88)(H,81,89)(H,82,90)(H,83,91)(H,84,92). The Morgan fingerprint density at radius 1 is 0.515 bits per heavy atom. The lowest BCUT2D eigenvalue weighted by atomic mass is 9.62. The van der Waals surface area contributed by atoms with Crippen LogP contribution in [-0.4, -0.2) is 149 Å². The van der Waals surface area contributed by atoms with Crippen LogP contribution in [0.4, 0.5) is 41.1 Å². The van der Waals surface area contributed by atoms with Crippen LogP contribution in [0.15, 0.2) is 109 Å². The Kier molecular flexibility index (Phi) is 22.5. The zero-order valence-electron chi connectivity index (χ0n) is 56.4. The highest BCUT2D eigenvalue weighted by molar-refractivity contribution is 6.32. The maximum atomic E-state index is 16.9. The Bertz CT molecular complexity index is 3990. The summed E-state index contributed by atoms with van der Waals surface area (Å²) in [5, 5.41) is 11.4. The number of halogens is 6. The van der Waals surface area contributed by atoms with Crippen LogP contribution in [0.1, 0.15) is 109 Å². The number of nitrogens with one attached hydrogen (secondary N) is 4. The average Bonchev–Trinajstić information content (AvgIpc) is 1.53. The zero-order valence-corrected chi connectivity index (χ0v) is 59.4. The number of amides is 8. The van der Waals surface area contributed by atoms with Gasteiger partial charge < -0.3 is 65.9 Å². The van der Waals surface area contributed by atoms with Crippen LogP contribution in [0.3, 0.4) is 0 Å². The summed E-state index contributed by atoms with van der Waals surface area (Å²) in [6.07, 6.45) is -1.95. The van der Waals surface area contributed by atoms with Crippen LogP contribution in [0.5, 0.6) is 11.5 Å². The van der Waals surface area contributed by atoms with Gasteiger partial charge in [-0.2, -0.15) is 0 Å². The van der Waals surface area contributed by atoms with Crippen molar-refractivity contribution in [2.24, 2.45) is 22.3 Å². The highest BCUT2D eigenvalue weighted by atomic mass is 35.5. The molecule has 8 atom stereocenters. The topological polar surface area (TPSA) is 308 Å². The van der Waals surface area contributed by atoms with Gasteiger partial charge in [-0.05, 0) is 119 Å². The molecule has 6 aromatic rings. The van der Waals surface area contributed by atoms with Gasteiger partial charge in [-0.15, -0.1) is 0 Å². The molecule has 10 rings (SSSR count). The lowest BCUT2D eigenvalue weighted by Crippen LogP contribution is -2.53. The average molecular weight is 1470 g/mol. The van der Waals surface area contributed by atoms with Crippen molar-refractivity contribution in [2.45, 2.75) is 101 Å². The van der Waals surface area contributed by atoms with Crippen molar-refractivity contribution in [3.63, 3.8) is 0 Å². The number of rotatable bonds is 24. The Balaban J connectivity index is 0.818. The molecule has 0 bridgehead atoms. The van der Waals surface area contributed by atoms with Gasteiger partial charge in [0.25, 0.3) is 0 Å². The number of likely N-dealkylation sites (tertiary alicyclic amines) is 2. The first-order valence-electron chi connectivity index (χ1n) is 32.2. The Labute approximate surface area is 601 Å². The fourth-order valence-corrected chi connectivity index (χ4v) is 15.1. The highest BCUT2D eigenvalue weighted by Crippen LogP contribution is 2.63. The molecule has 0 aliphatic carbocycles. The summed E-state index contributed by atoms with van der Waals surface area (Å²) in [4.78, 5) is 118. The van der Waals surface area contributed by atoms with E-state index in [1.54, 1.807) is 24.3 Å². The SMILES string of the molecule is COc1cc(C(N)=O)ccc1NC(=O)C1C(c2cccc(Cl)c2F)C2(C(=O)Nc3cc(Cl)ccc32)C(CC(C)(C)C)N1C(=O)OCCOCCOCCOCCOC(=O)N1C(C(=O)Nc2ccc(C(N)=O)cc2OC)C(c2cccc(Cl)c2F)C2(C(=O)Nc3cc(Cl)ccc32)C1CC(C)(C)C. The second kappa shape index (κ2) is 30.4. The predicted octanol–water partition coefficient (Wildman–Crippen LogP) is 12.0. The number of ether oxygens (including phenoxy) is 7. The summed E-state index contributed by atoms with van der Waals surface area (Å²) in [5.41, 5.74) is 7.20. The van der Waals surface area contributed by atoms with Crippen molar-refractivity contribution in [2.75, 3.05) is 88.3 Å². The van der Waals surface area contributed by atoms with Gasteiger partial charge >= 0.3 is 12.2 Å². The Morgan fingerprint density at radius 3 is 1.21 bits per heavy atom. The van der Waals surface area contributed by atoms with Crippen LogP contribution in [-0.2, 0) is 53.7 Å². The van der Waals surface area contributed by atoms with Crippen LogP contribution < -0.4 is 42.2 Å². The molecule has 29 heteroatoms. The first-order chi connectivity index (χ1) is 47.9. The van der Waals surface area contributed by atoms with Crippen LogP contribution in [0.25, 0.3) is 0 Å². The summed E-state index contributed by atoms with van der Waals surface area (Å²) in [6, 6.07) is 20.1. The maximum absolute atomic E-state index is 16.9. The molecule has 8 unspecified atom stereocenters. The number of primary amides is 2. The van der Waals surface area contributed by atoms with Crippen LogP contribution in [0, 0.1) is 22.5 Å². The van der Waals surface area contributed by atoms with E-state index in [0.29, 0.717) is 11.1 Å². The summed E-state index contributed by atoms with van der Waals surface area (Å²) in [7, 11) is 2.61. The molecular formula is C72H76Cl4F2N8O15. The second-order valence-corrected chi connectivity index (χ2v) is 28.8. The van der Waals surface area contributed by atoms with Gasteiger partial charge in [0.15, 0.2) is 0 Å². The minimum Gasteiger partial charge on any atom is -0.495 e. The number of hydrogen-bond acceptors (Lipinski definition) is 15. The third-order valence-electron chi connectivity index (χ3n) is 18.4. The molecular weight excluding hydrogens is 1400 g/mol. The smallest absolute Gasteiger partial charge is 0.410 e. The van der Waals surface area contributed by atoms with Gasteiger partial charge in [0.05, 0.1) is 87.4 Å². The van der Waals surface area contributed by atoms with Crippen molar-refractivity contribution in [3.05, 3.63) is 174 Å². The quantitative estimate of drug-likeness (QED) is 0.0307. The number of nitrogens with two attached hydrogens (primary N) is 2. The molecule has 4 aliphatic heterocycles.